The van der Waals surface area contributed by atoms with E-state index >= 15 is 0 Å². The Kier molecular flexibility index (Phi) is 6.17. The van der Waals surface area contributed by atoms with Crippen molar-refractivity contribution in [3.05, 3.63) is 64.2 Å². The van der Waals surface area contributed by atoms with E-state index in [-0.39, 0.29) is 5.92 Å². The number of aryl methyl sites for hydroxylation is 1. The van der Waals surface area contributed by atoms with Crippen LogP contribution in [-0.2, 0) is 17.9 Å². The Morgan fingerprint density at radius 3 is 2.81 bits per heavy atom. The molecular weight excluding hydrogens is 350 g/mol. The highest BCUT2D eigenvalue weighted by molar-refractivity contribution is 6.30. The second-order valence-corrected chi connectivity index (χ2v) is 7.33. The molecule has 0 aliphatic carbocycles. The maximum absolute atomic E-state index is 11.3. The van der Waals surface area contributed by atoms with Gasteiger partial charge in [0.2, 0.25) is 0 Å². The summed E-state index contributed by atoms with van der Waals surface area (Å²) < 4.78 is 6.12. The number of carboxylic acid groups (broad SMARTS) is 1. The van der Waals surface area contributed by atoms with E-state index in [1.807, 2.05) is 49.4 Å². The first kappa shape index (κ1) is 18.7. The second-order valence-electron chi connectivity index (χ2n) is 6.90. The molecule has 1 heterocycles. The average Bonchev–Trinajstić information content (AvgIpc) is 2.62. The first-order valence-electron chi connectivity index (χ1n) is 8.94. The van der Waals surface area contributed by atoms with Crippen molar-refractivity contribution in [2.45, 2.75) is 32.9 Å². The smallest absolute Gasteiger partial charge is 0.307 e. The fraction of sp³-hybridized carbons (Fsp3) is 0.381. The lowest BCUT2D eigenvalue weighted by Crippen LogP contribution is -2.38. The van der Waals surface area contributed by atoms with Gasteiger partial charge in [-0.05, 0) is 49.6 Å². The summed E-state index contributed by atoms with van der Waals surface area (Å²) in [6.07, 6.45) is 1.65. The molecule has 0 aromatic heterocycles. The van der Waals surface area contributed by atoms with Gasteiger partial charge in [0.25, 0.3) is 0 Å². The molecule has 1 aliphatic heterocycles. The van der Waals surface area contributed by atoms with Gasteiger partial charge in [-0.2, -0.15) is 0 Å². The lowest BCUT2D eigenvalue weighted by molar-refractivity contribution is -0.143. The molecule has 1 atom stereocenters. The predicted octanol–water partition coefficient (Wildman–Crippen LogP) is 4.52. The molecule has 138 valence electrons. The van der Waals surface area contributed by atoms with E-state index < -0.39 is 5.97 Å². The third kappa shape index (κ3) is 4.77. The van der Waals surface area contributed by atoms with Crippen molar-refractivity contribution in [3.63, 3.8) is 0 Å². The van der Waals surface area contributed by atoms with Crippen LogP contribution < -0.4 is 4.74 Å². The molecular formula is C21H24ClNO3. The summed E-state index contributed by atoms with van der Waals surface area (Å²) in [7, 11) is 0. The molecule has 5 heteroatoms. The molecule has 1 fully saturated rings. The molecule has 1 saturated heterocycles. The molecule has 0 radical (unpaired) electrons. The molecule has 26 heavy (non-hydrogen) atoms. The van der Waals surface area contributed by atoms with Crippen molar-refractivity contribution in [1.82, 2.24) is 4.90 Å². The number of carboxylic acids is 1. The minimum absolute atomic E-state index is 0.294. The lowest BCUT2D eigenvalue weighted by atomic mass is 9.97. The first-order valence-corrected chi connectivity index (χ1v) is 9.31. The number of nitrogens with zero attached hydrogens (tertiary/aromatic N) is 1. The summed E-state index contributed by atoms with van der Waals surface area (Å²) in [5.74, 6) is -0.161. The van der Waals surface area contributed by atoms with Gasteiger partial charge in [-0.1, -0.05) is 41.9 Å². The Labute approximate surface area is 159 Å². The SMILES string of the molecule is Cc1cc(Cl)cc(CN2CCCC(C(=O)O)C2)c1OCc1ccccc1. The Balaban J connectivity index is 1.76. The Morgan fingerprint density at radius 1 is 1.31 bits per heavy atom. The molecule has 0 saturated carbocycles. The van der Waals surface area contributed by atoms with Gasteiger partial charge in [-0.25, -0.2) is 0 Å². The van der Waals surface area contributed by atoms with Crippen molar-refractivity contribution in [3.8, 4) is 5.75 Å². The predicted molar refractivity (Wildman–Crippen MR) is 103 cm³/mol. The van der Waals surface area contributed by atoms with Crippen LogP contribution in [-0.4, -0.2) is 29.1 Å². The number of hydrogen-bond acceptors (Lipinski definition) is 3. The molecule has 2 aromatic carbocycles. The summed E-state index contributed by atoms with van der Waals surface area (Å²) in [6.45, 7) is 4.60. The minimum Gasteiger partial charge on any atom is -0.488 e. The Morgan fingerprint density at radius 2 is 2.08 bits per heavy atom. The number of piperidine rings is 1. The van der Waals surface area contributed by atoms with Crippen LogP contribution in [0.1, 0.15) is 29.5 Å². The van der Waals surface area contributed by atoms with Crippen molar-refractivity contribution in [2.24, 2.45) is 5.92 Å². The molecule has 0 spiro atoms. The van der Waals surface area contributed by atoms with E-state index in [0.717, 1.165) is 41.8 Å². The van der Waals surface area contributed by atoms with Crippen molar-refractivity contribution in [1.29, 1.82) is 0 Å². The van der Waals surface area contributed by atoms with E-state index in [2.05, 4.69) is 4.90 Å². The van der Waals surface area contributed by atoms with Gasteiger partial charge >= 0.3 is 5.97 Å². The average molecular weight is 374 g/mol. The van der Waals surface area contributed by atoms with Gasteiger partial charge in [-0.3, -0.25) is 9.69 Å². The zero-order valence-corrected chi connectivity index (χ0v) is 15.7. The van der Waals surface area contributed by atoms with Crippen LogP contribution in [0.2, 0.25) is 5.02 Å². The highest BCUT2D eigenvalue weighted by atomic mass is 35.5. The summed E-state index contributed by atoms with van der Waals surface area (Å²) in [5, 5.41) is 9.98. The number of aliphatic carboxylic acids is 1. The molecule has 2 aromatic rings. The van der Waals surface area contributed by atoms with E-state index in [1.54, 1.807) is 0 Å². The van der Waals surface area contributed by atoms with Crippen molar-refractivity contribution in [2.75, 3.05) is 13.1 Å². The number of ether oxygens (including phenoxy) is 1. The van der Waals surface area contributed by atoms with Crippen molar-refractivity contribution >= 4 is 17.6 Å². The molecule has 4 nitrogen and oxygen atoms in total. The maximum atomic E-state index is 11.3. The molecule has 0 amide bonds. The van der Waals surface area contributed by atoms with Crippen LogP contribution in [0.4, 0.5) is 0 Å². The van der Waals surface area contributed by atoms with Gasteiger partial charge in [0.15, 0.2) is 0 Å². The van der Waals surface area contributed by atoms with Crippen LogP contribution in [0, 0.1) is 12.8 Å². The van der Waals surface area contributed by atoms with E-state index in [9.17, 15) is 9.90 Å². The third-order valence-corrected chi connectivity index (χ3v) is 5.01. The number of rotatable bonds is 6. The molecule has 3 rings (SSSR count). The second kappa shape index (κ2) is 8.56. The number of halogens is 1. The lowest BCUT2D eigenvalue weighted by Gasteiger charge is -2.31. The summed E-state index contributed by atoms with van der Waals surface area (Å²) in [5.41, 5.74) is 3.11. The highest BCUT2D eigenvalue weighted by Gasteiger charge is 2.26. The van der Waals surface area contributed by atoms with Gasteiger partial charge in [0.05, 0.1) is 5.92 Å². The Bertz CT molecular complexity index is 763. The normalized spacial score (nSPS) is 17.8. The van der Waals surface area contributed by atoms with Gasteiger partial charge in [0, 0.05) is 23.7 Å². The number of carbonyl (C=O) groups is 1. The summed E-state index contributed by atoms with van der Waals surface area (Å²) >= 11 is 6.27. The highest BCUT2D eigenvalue weighted by Crippen LogP contribution is 2.31. The zero-order chi connectivity index (χ0) is 18.5. The summed E-state index contributed by atoms with van der Waals surface area (Å²) in [6, 6.07) is 13.9. The van der Waals surface area contributed by atoms with E-state index in [4.69, 9.17) is 16.3 Å². The van der Waals surface area contributed by atoms with Crippen LogP contribution in [0.25, 0.3) is 0 Å². The van der Waals surface area contributed by atoms with E-state index in [1.165, 1.54) is 0 Å². The number of likely N-dealkylation sites (tertiary alicyclic amines) is 1. The molecule has 1 aliphatic rings. The number of hydrogen-bond donors (Lipinski definition) is 1. The topological polar surface area (TPSA) is 49.8 Å². The van der Waals surface area contributed by atoms with Gasteiger partial charge < -0.3 is 9.84 Å². The summed E-state index contributed by atoms with van der Waals surface area (Å²) in [4.78, 5) is 13.5. The van der Waals surface area contributed by atoms with Gasteiger partial charge in [0.1, 0.15) is 12.4 Å². The quantitative estimate of drug-likeness (QED) is 0.808. The minimum atomic E-state index is -0.711. The largest absolute Gasteiger partial charge is 0.488 e. The third-order valence-electron chi connectivity index (χ3n) is 4.79. The molecule has 0 bridgehead atoms. The molecule has 1 N–H and O–H groups in total. The Hall–Kier alpha value is -2.04. The monoisotopic (exact) mass is 373 g/mol. The number of benzene rings is 2. The fourth-order valence-corrected chi connectivity index (χ4v) is 3.79. The van der Waals surface area contributed by atoms with E-state index in [0.29, 0.717) is 24.7 Å². The fourth-order valence-electron chi connectivity index (χ4n) is 3.49. The van der Waals surface area contributed by atoms with Gasteiger partial charge in [-0.15, -0.1) is 0 Å². The maximum Gasteiger partial charge on any atom is 0.307 e. The van der Waals surface area contributed by atoms with Crippen LogP contribution in [0.3, 0.4) is 0 Å². The van der Waals surface area contributed by atoms with Crippen molar-refractivity contribution < 1.29 is 14.6 Å². The standard InChI is InChI=1S/C21H24ClNO3/c1-15-10-19(22)11-18(13-23-9-5-8-17(12-23)21(24)25)20(15)26-14-16-6-3-2-4-7-16/h2-4,6-7,10-11,17H,5,8-9,12-14H2,1H3,(H,24,25). The first-order chi connectivity index (χ1) is 12.5. The van der Waals surface area contributed by atoms with Crippen LogP contribution in [0.5, 0.6) is 5.75 Å². The zero-order valence-electron chi connectivity index (χ0n) is 15.0. The molecule has 1 unspecified atom stereocenters. The van der Waals surface area contributed by atoms with Crippen LogP contribution >= 0.6 is 11.6 Å². The van der Waals surface area contributed by atoms with Crippen LogP contribution in [0.15, 0.2) is 42.5 Å².